The van der Waals surface area contributed by atoms with Crippen LogP contribution >= 0.6 is 0 Å². The zero-order chi connectivity index (χ0) is 9.97. The second-order valence-corrected chi connectivity index (χ2v) is 2.91. The van der Waals surface area contributed by atoms with E-state index in [1.54, 1.807) is 29.2 Å². The Bertz CT molecular complexity index is 463. The summed E-state index contributed by atoms with van der Waals surface area (Å²) >= 11 is 0. The fraction of sp³-hybridized carbons (Fsp3) is 0.222. The van der Waals surface area contributed by atoms with E-state index in [9.17, 15) is 4.79 Å². The van der Waals surface area contributed by atoms with Gasteiger partial charge in [0.05, 0.1) is 12.4 Å². The van der Waals surface area contributed by atoms with Crippen molar-refractivity contribution in [1.82, 2.24) is 14.4 Å². The first-order chi connectivity index (χ1) is 6.83. The minimum atomic E-state index is 0.00574. The van der Waals surface area contributed by atoms with Crippen LogP contribution in [0.4, 0.5) is 0 Å². The Kier molecular flexibility index (Phi) is 2.24. The maximum Gasteiger partial charge on any atom is 0.182 e. The van der Waals surface area contributed by atoms with Crippen LogP contribution in [0.2, 0.25) is 0 Å². The molecule has 0 aliphatic rings. The number of carbonyl (C=O) groups is 1. The summed E-state index contributed by atoms with van der Waals surface area (Å²) in [5.41, 5.74) is 6.55. The molecule has 2 heterocycles. The number of imidazole rings is 1. The monoisotopic (exact) mass is 190 g/mol. The second-order valence-electron chi connectivity index (χ2n) is 2.91. The van der Waals surface area contributed by atoms with Crippen LogP contribution in [0.15, 0.2) is 24.8 Å². The van der Waals surface area contributed by atoms with Crippen molar-refractivity contribution in [1.29, 1.82) is 0 Å². The van der Waals surface area contributed by atoms with E-state index >= 15 is 0 Å². The maximum absolute atomic E-state index is 11.6. The molecule has 0 saturated carbocycles. The predicted octanol–water partition coefficient (Wildman–Crippen LogP) is 0.261. The molecule has 2 aromatic rings. The first kappa shape index (κ1) is 8.83. The molecule has 0 saturated heterocycles. The van der Waals surface area contributed by atoms with Crippen molar-refractivity contribution in [3.8, 4) is 0 Å². The molecule has 0 radical (unpaired) electrons. The second kappa shape index (κ2) is 3.55. The molecule has 0 unspecified atom stereocenters. The highest BCUT2D eigenvalue weighted by molar-refractivity contribution is 5.95. The number of ketones is 1. The Labute approximate surface area is 80.6 Å². The van der Waals surface area contributed by atoms with Gasteiger partial charge in [0.15, 0.2) is 11.4 Å². The van der Waals surface area contributed by atoms with Crippen LogP contribution in [-0.4, -0.2) is 26.7 Å². The summed E-state index contributed by atoms with van der Waals surface area (Å²) in [6.45, 7) is 0.358. The van der Waals surface area contributed by atoms with E-state index in [-0.39, 0.29) is 5.78 Å². The normalized spacial score (nSPS) is 10.6. The number of aromatic nitrogens is 3. The summed E-state index contributed by atoms with van der Waals surface area (Å²) < 4.78 is 1.71. The maximum atomic E-state index is 11.6. The summed E-state index contributed by atoms with van der Waals surface area (Å²) in [4.78, 5) is 19.5. The Balaban J connectivity index is 2.47. The van der Waals surface area contributed by atoms with E-state index in [1.165, 1.54) is 0 Å². The summed E-state index contributed by atoms with van der Waals surface area (Å²) in [7, 11) is 0. The molecule has 0 spiro atoms. The standard InChI is InChI=1S/C9H10N4O/c10-2-1-8(14)7-5-12-9-6-11-3-4-13(7)9/h3-6H,1-2,10H2. The molecule has 0 fully saturated rings. The lowest BCUT2D eigenvalue weighted by molar-refractivity contribution is 0.0980. The third kappa shape index (κ3) is 1.38. The summed E-state index contributed by atoms with van der Waals surface area (Å²) in [5, 5.41) is 0. The Morgan fingerprint density at radius 2 is 2.36 bits per heavy atom. The smallest absolute Gasteiger partial charge is 0.182 e. The van der Waals surface area contributed by atoms with Gasteiger partial charge in [0.25, 0.3) is 0 Å². The number of hydrogen-bond acceptors (Lipinski definition) is 4. The largest absolute Gasteiger partial charge is 0.330 e. The quantitative estimate of drug-likeness (QED) is 0.704. The van der Waals surface area contributed by atoms with Crippen LogP contribution in [0.3, 0.4) is 0 Å². The third-order valence-electron chi connectivity index (χ3n) is 1.97. The van der Waals surface area contributed by atoms with Gasteiger partial charge in [-0.1, -0.05) is 0 Å². The summed E-state index contributed by atoms with van der Waals surface area (Å²) in [5.74, 6) is 0.00574. The van der Waals surface area contributed by atoms with Crippen LogP contribution in [0.1, 0.15) is 16.9 Å². The minimum Gasteiger partial charge on any atom is -0.330 e. The van der Waals surface area contributed by atoms with Crippen molar-refractivity contribution in [2.45, 2.75) is 6.42 Å². The van der Waals surface area contributed by atoms with Crippen LogP contribution in [0.25, 0.3) is 5.65 Å². The molecule has 72 valence electrons. The van der Waals surface area contributed by atoms with Gasteiger partial charge in [0, 0.05) is 18.8 Å². The first-order valence-corrected chi connectivity index (χ1v) is 4.33. The first-order valence-electron chi connectivity index (χ1n) is 4.33. The number of hydrogen-bond donors (Lipinski definition) is 1. The molecule has 0 aromatic carbocycles. The predicted molar refractivity (Wildman–Crippen MR) is 51.0 cm³/mol. The molecule has 0 amide bonds. The topological polar surface area (TPSA) is 73.3 Å². The highest BCUT2D eigenvalue weighted by atomic mass is 16.1. The number of rotatable bonds is 3. The number of carbonyl (C=O) groups excluding carboxylic acids is 1. The van der Waals surface area contributed by atoms with Crippen molar-refractivity contribution < 1.29 is 4.79 Å². The average molecular weight is 190 g/mol. The SMILES string of the molecule is NCCC(=O)c1cnc2cnccn12. The van der Waals surface area contributed by atoms with E-state index < -0.39 is 0 Å². The number of fused-ring (bicyclic) bond motifs is 1. The molecule has 0 aliphatic heterocycles. The highest BCUT2D eigenvalue weighted by Crippen LogP contribution is 2.06. The molecule has 2 N–H and O–H groups in total. The number of nitrogens with zero attached hydrogens (tertiary/aromatic N) is 3. The van der Waals surface area contributed by atoms with Crippen LogP contribution in [0, 0.1) is 0 Å². The Morgan fingerprint density at radius 1 is 1.50 bits per heavy atom. The van der Waals surface area contributed by atoms with Gasteiger partial charge >= 0.3 is 0 Å². The van der Waals surface area contributed by atoms with Gasteiger partial charge in [-0.3, -0.25) is 14.2 Å². The van der Waals surface area contributed by atoms with E-state index in [4.69, 9.17) is 5.73 Å². The lowest BCUT2D eigenvalue weighted by atomic mass is 10.2. The molecule has 14 heavy (non-hydrogen) atoms. The van der Waals surface area contributed by atoms with Gasteiger partial charge in [0.1, 0.15) is 5.69 Å². The molecule has 0 aliphatic carbocycles. The van der Waals surface area contributed by atoms with E-state index in [2.05, 4.69) is 9.97 Å². The van der Waals surface area contributed by atoms with Crippen LogP contribution in [-0.2, 0) is 0 Å². The lowest BCUT2D eigenvalue weighted by Gasteiger charge is -1.98. The zero-order valence-corrected chi connectivity index (χ0v) is 7.55. The molecule has 0 atom stereocenters. The Hall–Kier alpha value is -1.75. The van der Waals surface area contributed by atoms with Crippen molar-refractivity contribution in [2.75, 3.05) is 6.54 Å². The van der Waals surface area contributed by atoms with E-state index in [0.717, 1.165) is 0 Å². The van der Waals surface area contributed by atoms with Gasteiger partial charge in [-0.2, -0.15) is 0 Å². The van der Waals surface area contributed by atoms with Crippen molar-refractivity contribution >= 4 is 11.4 Å². The van der Waals surface area contributed by atoms with Crippen LogP contribution < -0.4 is 5.73 Å². The number of nitrogens with two attached hydrogens (primary N) is 1. The van der Waals surface area contributed by atoms with Gasteiger partial charge in [-0.05, 0) is 6.54 Å². The Morgan fingerprint density at radius 3 is 3.14 bits per heavy atom. The van der Waals surface area contributed by atoms with Gasteiger partial charge in [-0.25, -0.2) is 4.98 Å². The molecule has 5 heteroatoms. The average Bonchev–Trinajstić information content (AvgIpc) is 2.61. The minimum absolute atomic E-state index is 0.00574. The van der Waals surface area contributed by atoms with Gasteiger partial charge in [-0.15, -0.1) is 0 Å². The third-order valence-corrected chi connectivity index (χ3v) is 1.97. The number of Topliss-reactive ketones (excluding diaryl/α,β-unsaturated/α-hetero) is 1. The molecular weight excluding hydrogens is 180 g/mol. The zero-order valence-electron chi connectivity index (χ0n) is 7.55. The van der Waals surface area contributed by atoms with Crippen molar-refractivity contribution in [3.63, 3.8) is 0 Å². The van der Waals surface area contributed by atoms with Gasteiger partial charge in [0.2, 0.25) is 0 Å². The molecule has 2 rings (SSSR count). The fourth-order valence-electron chi connectivity index (χ4n) is 1.31. The van der Waals surface area contributed by atoms with Gasteiger partial charge < -0.3 is 5.73 Å². The van der Waals surface area contributed by atoms with E-state index in [0.29, 0.717) is 24.3 Å². The van der Waals surface area contributed by atoms with E-state index in [1.807, 2.05) is 0 Å². The van der Waals surface area contributed by atoms with Crippen LogP contribution in [0.5, 0.6) is 0 Å². The fourth-order valence-corrected chi connectivity index (χ4v) is 1.31. The summed E-state index contributed by atoms with van der Waals surface area (Å²) in [6, 6.07) is 0. The molecule has 2 aromatic heterocycles. The lowest BCUT2D eigenvalue weighted by Crippen LogP contribution is -2.10. The highest BCUT2D eigenvalue weighted by Gasteiger charge is 2.10. The molecular formula is C9H10N4O. The molecule has 5 nitrogen and oxygen atoms in total. The summed E-state index contributed by atoms with van der Waals surface area (Å²) in [6.07, 6.45) is 6.84. The van der Waals surface area contributed by atoms with Crippen molar-refractivity contribution in [2.24, 2.45) is 5.73 Å². The molecule has 0 bridgehead atoms. The van der Waals surface area contributed by atoms with Crippen molar-refractivity contribution in [3.05, 3.63) is 30.5 Å².